The molecule has 0 bridgehead atoms. The third kappa shape index (κ3) is 3.49. The van der Waals surface area contributed by atoms with E-state index in [-0.39, 0.29) is 12.2 Å². The average molecular weight is 293 g/mol. The summed E-state index contributed by atoms with van der Waals surface area (Å²) in [7, 11) is 3.33. The SMILES string of the molecule is CNCc1cccc(OC)c1OCc1c(F)cccc1F. The summed E-state index contributed by atoms with van der Waals surface area (Å²) in [6.45, 7) is 0.363. The van der Waals surface area contributed by atoms with Crippen LogP contribution in [0.1, 0.15) is 11.1 Å². The molecule has 2 aromatic carbocycles. The maximum absolute atomic E-state index is 13.6. The molecule has 112 valence electrons. The average Bonchev–Trinajstić information content (AvgIpc) is 2.48. The van der Waals surface area contributed by atoms with Gasteiger partial charge < -0.3 is 14.8 Å². The van der Waals surface area contributed by atoms with E-state index in [0.717, 1.165) is 5.56 Å². The minimum Gasteiger partial charge on any atom is -0.493 e. The molecule has 0 amide bonds. The molecule has 0 aliphatic carbocycles. The zero-order valence-corrected chi connectivity index (χ0v) is 12.0. The van der Waals surface area contributed by atoms with E-state index < -0.39 is 11.6 Å². The molecule has 0 atom stereocenters. The third-order valence-electron chi connectivity index (χ3n) is 3.07. The van der Waals surface area contributed by atoms with Gasteiger partial charge in [0.1, 0.15) is 18.2 Å². The van der Waals surface area contributed by atoms with Gasteiger partial charge in [-0.05, 0) is 25.2 Å². The summed E-state index contributed by atoms with van der Waals surface area (Å²) in [5, 5.41) is 3.01. The van der Waals surface area contributed by atoms with Crippen LogP contribution in [0, 0.1) is 11.6 Å². The summed E-state index contributed by atoms with van der Waals surface area (Å²) in [6, 6.07) is 9.18. The van der Waals surface area contributed by atoms with Crippen LogP contribution in [0.25, 0.3) is 0 Å². The van der Waals surface area contributed by atoms with E-state index >= 15 is 0 Å². The predicted octanol–water partition coefficient (Wildman–Crippen LogP) is 3.27. The molecule has 0 saturated carbocycles. The van der Waals surface area contributed by atoms with Crippen LogP contribution in [-0.2, 0) is 13.2 Å². The van der Waals surface area contributed by atoms with Gasteiger partial charge in [0.2, 0.25) is 0 Å². The van der Waals surface area contributed by atoms with Crippen molar-refractivity contribution in [1.82, 2.24) is 5.32 Å². The van der Waals surface area contributed by atoms with Gasteiger partial charge in [-0.15, -0.1) is 0 Å². The molecule has 5 heteroatoms. The maximum Gasteiger partial charge on any atom is 0.166 e. The summed E-state index contributed by atoms with van der Waals surface area (Å²) in [5.74, 6) is -0.239. The number of halogens is 2. The highest BCUT2D eigenvalue weighted by Gasteiger charge is 2.14. The molecule has 1 N–H and O–H groups in total. The van der Waals surface area contributed by atoms with Crippen LogP contribution in [0.2, 0.25) is 0 Å². The number of methoxy groups -OCH3 is 1. The molecule has 0 fully saturated rings. The van der Waals surface area contributed by atoms with Gasteiger partial charge >= 0.3 is 0 Å². The smallest absolute Gasteiger partial charge is 0.166 e. The molecular weight excluding hydrogens is 276 g/mol. The van der Waals surface area contributed by atoms with Gasteiger partial charge in [0.25, 0.3) is 0 Å². The highest BCUT2D eigenvalue weighted by atomic mass is 19.1. The van der Waals surface area contributed by atoms with Crippen molar-refractivity contribution in [3.8, 4) is 11.5 Å². The molecule has 0 aliphatic heterocycles. The fraction of sp³-hybridized carbons (Fsp3) is 0.250. The number of hydrogen-bond donors (Lipinski definition) is 1. The monoisotopic (exact) mass is 293 g/mol. The molecule has 3 nitrogen and oxygen atoms in total. The van der Waals surface area contributed by atoms with Crippen LogP contribution >= 0.6 is 0 Å². The van der Waals surface area contributed by atoms with Crippen molar-refractivity contribution in [2.75, 3.05) is 14.2 Å². The van der Waals surface area contributed by atoms with Crippen LogP contribution in [-0.4, -0.2) is 14.2 Å². The Kier molecular flexibility index (Phi) is 5.11. The molecule has 21 heavy (non-hydrogen) atoms. The first-order chi connectivity index (χ1) is 10.2. The number of para-hydroxylation sites is 1. The number of hydrogen-bond acceptors (Lipinski definition) is 3. The molecule has 0 saturated heterocycles. The number of rotatable bonds is 6. The normalized spacial score (nSPS) is 10.5. The van der Waals surface area contributed by atoms with Crippen LogP contribution in [0.4, 0.5) is 8.78 Å². The fourth-order valence-electron chi connectivity index (χ4n) is 2.03. The zero-order valence-electron chi connectivity index (χ0n) is 12.0. The zero-order chi connectivity index (χ0) is 15.2. The van der Waals surface area contributed by atoms with Gasteiger partial charge in [-0.1, -0.05) is 18.2 Å². The maximum atomic E-state index is 13.6. The van der Waals surface area contributed by atoms with E-state index in [1.54, 1.807) is 13.1 Å². The van der Waals surface area contributed by atoms with Crippen molar-refractivity contribution >= 4 is 0 Å². The second kappa shape index (κ2) is 7.04. The first kappa shape index (κ1) is 15.3. The lowest BCUT2D eigenvalue weighted by Crippen LogP contribution is -2.09. The van der Waals surface area contributed by atoms with Crippen molar-refractivity contribution < 1.29 is 18.3 Å². The minimum absolute atomic E-state index is 0.0983. The van der Waals surface area contributed by atoms with Gasteiger partial charge in [0.05, 0.1) is 12.7 Å². The summed E-state index contributed by atoms with van der Waals surface area (Å²) < 4.78 is 38.1. The van der Waals surface area contributed by atoms with E-state index in [1.165, 1.54) is 25.3 Å². The molecule has 0 radical (unpaired) electrons. The van der Waals surface area contributed by atoms with Gasteiger partial charge in [-0.2, -0.15) is 0 Å². The van der Waals surface area contributed by atoms with Gasteiger partial charge in [-0.3, -0.25) is 0 Å². The highest BCUT2D eigenvalue weighted by molar-refractivity contribution is 5.46. The van der Waals surface area contributed by atoms with E-state index in [1.807, 2.05) is 12.1 Å². The molecule has 2 aromatic rings. The standard InChI is InChI=1S/C16H17F2NO2/c1-19-9-11-5-3-8-15(20-2)16(11)21-10-12-13(17)6-4-7-14(12)18/h3-8,19H,9-10H2,1-2H3. The molecule has 0 heterocycles. The number of benzene rings is 2. The van der Waals surface area contributed by atoms with Crippen molar-refractivity contribution in [2.45, 2.75) is 13.2 Å². The second-order valence-electron chi connectivity index (χ2n) is 4.47. The van der Waals surface area contributed by atoms with Gasteiger partial charge in [0, 0.05) is 12.1 Å². The molecular formula is C16H17F2NO2. The van der Waals surface area contributed by atoms with E-state index in [9.17, 15) is 8.78 Å². The Labute approximate surface area is 122 Å². The van der Waals surface area contributed by atoms with Gasteiger partial charge in [0.15, 0.2) is 11.5 Å². The number of ether oxygens (including phenoxy) is 2. The largest absolute Gasteiger partial charge is 0.493 e. The first-order valence-electron chi connectivity index (χ1n) is 6.53. The van der Waals surface area contributed by atoms with Crippen molar-refractivity contribution in [2.24, 2.45) is 0 Å². The Hall–Kier alpha value is -2.14. The topological polar surface area (TPSA) is 30.5 Å². The lowest BCUT2D eigenvalue weighted by Gasteiger charge is -2.15. The molecule has 2 rings (SSSR count). The first-order valence-corrected chi connectivity index (χ1v) is 6.53. The third-order valence-corrected chi connectivity index (χ3v) is 3.07. The Bertz CT molecular complexity index is 597. The van der Waals surface area contributed by atoms with Crippen molar-refractivity contribution in [3.63, 3.8) is 0 Å². The highest BCUT2D eigenvalue weighted by Crippen LogP contribution is 2.32. The van der Waals surface area contributed by atoms with Crippen LogP contribution in [0.5, 0.6) is 11.5 Å². The molecule has 0 aromatic heterocycles. The fourth-order valence-corrected chi connectivity index (χ4v) is 2.03. The van der Waals surface area contributed by atoms with E-state index in [4.69, 9.17) is 9.47 Å². The van der Waals surface area contributed by atoms with Gasteiger partial charge in [-0.25, -0.2) is 8.78 Å². The lowest BCUT2D eigenvalue weighted by atomic mass is 10.1. The minimum atomic E-state index is -0.625. The summed E-state index contributed by atoms with van der Waals surface area (Å²) in [5.41, 5.74) is 0.757. The molecule has 0 aliphatic rings. The van der Waals surface area contributed by atoms with Crippen molar-refractivity contribution in [1.29, 1.82) is 0 Å². The Morgan fingerprint density at radius 2 is 1.71 bits per heavy atom. The molecule has 0 unspecified atom stereocenters. The van der Waals surface area contributed by atoms with Crippen LogP contribution in [0.15, 0.2) is 36.4 Å². The quantitative estimate of drug-likeness (QED) is 0.886. The Morgan fingerprint density at radius 1 is 1.05 bits per heavy atom. The predicted molar refractivity (Wildman–Crippen MR) is 76.4 cm³/mol. The van der Waals surface area contributed by atoms with Crippen molar-refractivity contribution in [3.05, 3.63) is 59.2 Å². The summed E-state index contributed by atoms with van der Waals surface area (Å²) in [6.07, 6.45) is 0. The van der Waals surface area contributed by atoms with E-state index in [2.05, 4.69) is 5.32 Å². The summed E-state index contributed by atoms with van der Waals surface area (Å²) in [4.78, 5) is 0. The Morgan fingerprint density at radius 3 is 2.33 bits per heavy atom. The summed E-state index contributed by atoms with van der Waals surface area (Å²) >= 11 is 0. The molecule has 0 spiro atoms. The number of nitrogens with one attached hydrogen (secondary N) is 1. The van der Waals surface area contributed by atoms with E-state index in [0.29, 0.717) is 18.0 Å². The lowest BCUT2D eigenvalue weighted by molar-refractivity contribution is 0.271. The van der Waals surface area contributed by atoms with Crippen LogP contribution < -0.4 is 14.8 Å². The Balaban J connectivity index is 2.27. The second-order valence-corrected chi connectivity index (χ2v) is 4.47. The van der Waals surface area contributed by atoms with Crippen LogP contribution in [0.3, 0.4) is 0 Å².